The Morgan fingerprint density at radius 1 is 1.00 bits per heavy atom. The molecule has 0 saturated heterocycles. The van der Waals surface area contributed by atoms with E-state index >= 15 is 0 Å². The van der Waals surface area contributed by atoms with Crippen molar-refractivity contribution in [2.75, 3.05) is 17.7 Å². The van der Waals surface area contributed by atoms with Gasteiger partial charge >= 0.3 is 0 Å². The summed E-state index contributed by atoms with van der Waals surface area (Å²) in [6, 6.07) is 16.6. The van der Waals surface area contributed by atoms with Gasteiger partial charge in [0.25, 0.3) is 5.91 Å². The van der Waals surface area contributed by atoms with Crippen LogP contribution < -0.4 is 15.4 Å². The minimum Gasteiger partial charge on any atom is -0.497 e. The molecule has 1 heterocycles. The number of carbonyl (C=O) groups excluding carboxylic acids is 1. The molecule has 3 aromatic rings. The van der Waals surface area contributed by atoms with E-state index in [0.717, 1.165) is 11.4 Å². The second-order valence-electron chi connectivity index (χ2n) is 5.22. The molecule has 2 aromatic carbocycles. The fraction of sp³-hybridized carbons (Fsp3) is 0.0526. The quantitative estimate of drug-likeness (QED) is 0.731. The number of halogens is 1. The summed E-state index contributed by atoms with van der Waals surface area (Å²) in [4.78, 5) is 16.3. The molecule has 0 atom stereocenters. The normalized spacial score (nSPS) is 10.2. The Kier molecular flexibility index (Phi) is 4.89. The van der Waals surface area contributed by atoms with Gasteiger partial charge in [-0.15, -0.1) is 0 Å². The van der Waals surface area contributed by atoms with Crippen LogP contribution in [0, 0.1) is 5.82 Å². The van der Waals surface area contributed by atoms with Crippen molar-refractivity contribution in [3.05, 3.63) is 78.2 Å². The zero-order valence-corrected chi connectivity index (χ0v) is 13.5. The van der Waals surface area contributed by atoms with Crippen LogP contribution in [0.2, 0.25) is 0 Å². The lowest BCUT2D eigenvalue weighted by molar-refractivity contribution is 0.102. The Balaban J connectivity index is 1.65. The third-order valence-corrected chi connectivity index (χ3v) is 3.50. The highest BCUT2D eigenvalue weighted by Gasteiger charge is 2.11. The molecule has 5 nitrogen and oxygen atoms in total. The van der Waals surface area contributed by atoms with Crippen LogP contribution in [0.4, 0.5) is 21.6 Å². The molecule has 0 spiro atoms. The number of hydrogen-bond donors (Lipinski definition) is 2. The van der Waals surface area contributed by atoms with E-state index in [1.54, 1.807) is 25.3 Å². The van der Waals surface area contributed by atoms with E-state index < -0.39 is 11.7 Å². The van der Waals surface area contributed by atoms with Gasteiger partial charge < -0.3 is 15.4 Å². The molecular formula is C19H16FN3O2. The highest BCUT2D eigenvalue weighted by atomic mass is 19.1. The number of rotatable bonds is 5. The molecule has 1 amide bonds. The van der Waals surface area contributed by atoms with Gasteiger partial charge in [0, 0.05) is 5.69 Å². The molecule has 0 aliphatic carbocycles. The molecule has 0 saturated carbocycles. The number of aromatic nitrogens is 1. The third-order valence-electron chi connectivity index (χ3n) is 3.50. The average Bonchev–Trinajstić information content (AvgIpc) is 2.64. The molecule has 25 heavy (non-hydrogen) atoms. The maximum atomic E-state index is 13.6. The lowest BCUT2D eigenvalue weighted by atomic mass is 10.2. The van der Waals surface area contributed by atoms with Crippen molar-refractivity contribution in [3.8, 4) is 5.75 Å². The SMILES string of the molecule is COc1ccc(Nc2ccc(NC(=O)c3ccccc3F)cn2)cc1. The van der Waals surface area contributed by atoms with Crippen LogP contribution in [0.5, 0.6) is 5.75 Å². The largest absolute Gasteiger partial charge is 0.497 e. The van der Waals surface area contributed by atoms with Crippen LogP contribution >= 0.6 is 0 Å². The van der Waals surface area contributed by atoms with E-state index in [9.17, 15) is 9.18 Å². The predicted octanol–water partition coefficient (Wildman–Crippen LogP) is 4.23. The van der Waals surface area contributed by atoms with E-state index in [2.05, 4.69) is 15.6 Å². The van der Waals surface area contributed by atoms with Gasteiger partial charge in [0.05, 0.1) is 24.6 Å². The Labute approximate surface area is 144 Å². The Bertz CT molecular complexity index is 865. The zero-order chi connectivity index (χ0) is 17.6. The number of methoxy groups -OCH3 is 1. The average molecular weight is 337 g/mol. The number of pyridine rings is 1. The van der Waals surface area contributed by atoms with Crippen molar-refractivity contribution in [1.82, 2.24) is 4.98 Å². The molecule has 1 aromatic heterocycles. The van der Waals surface area contributed by atoms with Crippen molar-refractivity contribution >= 4 is 23.1 Å². The van der Waals surface area contributed by atoms with Crippen LogP contribution in [0.1, 0.15) is 10.4 Å². The van der Waals surface area contributed by atoms with E-state index in [0.29, 0.717) is 11.5 Å². The van der Waals surface area contributed by atoms with Crippen LogP contribution in [-0.2, 0) is 0 Å². The lowest BCUT2D eigenvalue weighted by Gasteiger charge is -2.09. The molecule has 0 radical (unpaired) electrons. The van der Waals surface area contributed by atoms with Crippen LogP contribution in [0.3, 0.4) is 0 Å². The molecular weight excluding hydrogens is 321 g/mol. The predicted molar refractivity (Wildman–Crippen MR) is 94.9 cm³/mol. The van der Waals surface area contributed by atoms with E-state index in [4.69, 9.17) is 4.74 Å². The first kappa shape index (κ1) is 16.4. The summed E-state index contributed by atoms with van der Waals surface area (Å²) < 4.78 is 18.7. The smallest absolute Gasteiger partial charge is 0.258 e. The standard InChI is InChI=1S/C19H16FN3O2/c1-25-15-9-6-13(7-10-15)22-18-11-8-14(12-21-18)23-19(24)16-4-2-3-5-17(16)20/h2-12H,1H3,(H,21,22)(H,23,24). The fourth-order valence-electron chi connectivity index (χ4n) is 2.21. The maximum absolute atomic E-state index is 13.6. The summed E-state index contributed by atoms with van der Waals surface area (Å²) in [6.45, 7) is 0. The topological polar surface area (TPSA) is 63.2 Å². The van der Waals surface area contributed by atoms with Crippen LogP contribution in [0.15, 0.2) is 66.9 Å². The minimum atomic E-state index is -0.564. The highest BCUT2D eigenvalue weighted by Crippen LogP contribution is 2.20. The van der Waals surface area contributed by atoms with Crippen LogP contribution in [-0.4, -0.2) is 18.0 Å². The number of hydrogen-bond acceptors (Lipinski definition) is 4. The van der Waals surface area contributed by atoms with Crippen molar-refractivity contribution in [2.45, 2.75) is 0 Å². The summed E-state index contributed by atoms with van der Waals surface area (Å²) in [7, 11) is 1.61. The van der Waals surface area contributed by atoms with Gasteiger partial charge in [0.15, 0.2) is 0 Å². The molecule has 0 aliphatic heterocycles. The summed E-state index contributed by atoms with van der Waals surface area (Å²) in [5.74, 6) is 0.306. The summed E-state index contributed by atoms with van der Waals surface area (Å²) in [5, 5.41) is 5.76. The monoisotopic (exact) mass is 337 g/mol. The number of nitrogens with zero attached hydrogens (tertiary/aromatic N) is 1. The molecule has 0 unspecified atom stereocenters. The lowest BCUT2D eigenvalue weighted by Crippen LogP contribution is -2.13. The zero-order valence-electron chi connectivity index (χ0n) is 13.5. The van der Waals surface area contributed by atoms with Gasteiger partial charge in [-0.1, -0.05) is 12.1 Å². The Hall–Kier alpha value is -3.41. The molecule has 2 N–H and O–H groups in total. The fourth-order valence-corrected chi connectivity index (χ4v) is 2.21. The van der Waals surface area contributed by atoms with E-state index in [1.165, 1.54) is 24.4 Å². The minimum absolute atomic E-state index is 0.0112. The number of carbonyl (C=O) groups is 1. The molecule has 0 fully saturated rings. The second kappa shape index (κ2) is 7.44. The van der Waals surface area contributed by atoms with Gasteiger partial charge in [-0.05, 0) is 48.5 Å². The van der Waals surface area contributed by atoms with Crippen molar-refractivity contribution in [3.63, 3.8) is 0 Å². The Morgan fingerprint density at radius 2 is 1.72 bits per heavy atom. The first-order chi connectivity index (χ1) is 12.2. The number of anilines is 3. The van der Waals surface area contributed by atoms with Gasteiger partial charge in [-0.2, -0.15) is 0 Å². The number of nitrogens with one attached hydrogen (secondary N) is 2. The van der Waals surface area contributed by atoms with Gasteiger partial charge in [0.1, 0.15) is 17.4 Å². The first-order valence-corrected chi connectivity index (χ1v) is 7.59. The molecule has 6 heteroatoms. The summed E-state index contributed by atoms with van der Waals surface area (Å²) in [6.07, 6.45) is 1.50. The van der Waals surface area contributed by atoms with Crippen molar-refractivity contribution < 1.29 is 13.9 Å². The molecule has 0 bridgehead atoms. The number of amides is 1. The Morgan fingerprint density at radius 3 is 2.36 bits per heavy atom. The molecule has 3 rings (SSSR count). The second-order valence-corrected chi connectivity index (χ2v) is 5.22. The van der Waals surface area contributed by atoms with E-state index in [1.807, 2.05) is 24.3 Å². The van der Waals surface area contributed by atoms with Crippen LogP contribution in [0.25, 0.3) is 0 Å². The summed E-state index contributed by atoms with van der Waals surface area (Å²) in [5.41, 5.74) is 1.33. The number of ether oxygens (including phenoxy) is 1. The van der Waals surface area contributed by atoms with Crippen molar-refractivity contribution in [2.24, 2.45) is 0 Å². The van der Waals surface area contributed by atoms with Gasteiger partial charge in [-0.25, -0.2) is 9.37 Å². The van der Waals surface area contributed by atoms with E-state index in [-0.39, 0.29) is 5.56 Å². The van der Waals surface area contributed by atoms with Gasteiger partial charge in [-0.3, -0.25) is 4.79 Å². The van der Waals surface area contributed by atoms with Gasteiger partial charge in [0.2, 0.25) is 0 Å². The molecule has 126 valence electrons. The first-order valence-electron chi connectivity index (χ1n) is 7.59. The highest BCUT2D eigenvalue weighted by molar-refractivity contribution is 6.04. The number of benzene rings is 2. The maximum Gasteiger partial charge on any atom is 0.258 e. The molecule has 0 aliphatic rings. The van der Waals surface area contributed by atoms with Crippen molar-refractivity contribution in [1.29, 1.82) is 0 Å². The third kappa shape index (κ3) is 4.11. The summed E-state index contributed by atoms with van der Waals surface area (Å²) >= 11 is 0.